The van der Waals surface area contributed by atoms with Gasteiger partial charge in [0, 0.05) is 15.8 Å². The van der Waals surface area contributed by atoms with Crippen LogP contribution < -0.4 is 10.1 Å². The molecule has 0 unspecified atom stereocenters. The zero-order chi connectivity index (χ0) is 16.4. The standard InChI is InChI=1S/C17H11ClN2O2S/c1-22-12-5-3-11(4-6-12)20-17(21)16-15(18)13-7-2-10(9-19)8-14(13)23-16/h2-8H,1H3,(H,20,21). The van der Waals surface area contributed by atoms with Crippen LogP contribution in [-0.4, -0.2) is 13.0 Å². The second-order valence-corrected chi connectivity index (χ2v) is 6.18. The van der Waals surface area contributed by atoms with Crippen molar-refractivity contribution in [3.63, 3.8) is 0 Å². The molecule has 0 aliphatic heterocycles. The topological polar surface area (TPSA) is 62.1 Å². The molecule has 4 nitrogen and oxygen atoms in total. The summed E-state index contributed by atoms with van der Waals surface area (Å²) in [7, 11) is 1.58. The summed E-state index contributed by atoms with van der Waals surface area (Å²) in [5.74, 6) is 0.437. The third-order valence-corrected chi connectivity index (χ3v) is 4.97. The smallest absolute Gasteiger partial charge is 0.267 e. The zero-order valence-electron chi connectivity index (χ0n) is 12.1. The van der Waals surface area contributed by atoms with Crippen molar-refractivity contribution in [3.8, 4) is 11.8 Å². The largest absolute Gasteiger partial charge is 0.497 e. The molecule has 1 amide bonds. The highest BCUT2D eigenvalue weighted by Crippen LogP contribution is 2.36. The molecule has 1 N–H and O–H groups in total. The van der Waals surface area contributed by atoms with E-state index in [2.05, 4.69) is 11.4 Å². The number of carbonyl (C=O) groups is 1. The third kappa shape index (κ3) is 3.00. The monoisotopic (exact) mass is 342 g/mol. The summed E-state index contributed by atoms with van der Waals surface area (Å²) in [6.07, 6.45) is 0. The fourth-order valence-electron chi connectivity index (χ4n) is 2.14. The van der Waals surface area contributed by atoms with Gasteiger partial charge < -0.3 is 10.1 Å². The maximum atomic E-state index is 12.4. The number of nitrogens with zero attached hydrogens (tertiary/aromatic N) is 1. The lowest BCUT2D eigenvalue weighted by Crippen LogP contribution is -2.10. The number of thiophene rings is 1. The Morgan fingerprint density at radius 2 is 2.00 bits per heavy atom. The number of nitriles is 1. The summed E-state index contributed by atoms with van der Waals surface area (Å²) < 4.78 is 5.90. The number of nitrogens with one attached hydrogen (secondary N) is 1. The first-order chi connectivity index (χ1) is 11.1. The van der Waals surface area contributed by atoms with E-state index < -0.39 is 0 Å². The fraction of sp³-hybridized carbons (Fsp3) is 0.0588. The Morgan fingerprint density at radius 1 is 1.26 bits per heavy atom. The Bertz CT molecular complexity index is 926. The lowest BCUT2D eigenvalue weighted by Gasteiger charge is -2.05. The van der Waals surface area contributed by atoms with E-state index in [1.165, 1.54) is 11.3 Å². The molecule has 0 aliphatic carbocycles. The molecule has 0 radical (unpaired) electrons. The predicted molar refractivity (Wildman–Crippen MR) is 92.5 cm³/mol. The highest BCUT2D eigenvalue weighted by atomic mass is 35.5. The molecule has 0 spiro atoms. The van der Waals surface area contributed by atoms with Crippen LogP contribution in [0.15, 0.2) is 42.5 Å². The number of ether oxygens (including phenoxy) is 1. The maximum absolute atomic E-state index is 12.4. The molecule has 0 saturated heterocycles. The Labute approximate surface area is 141 Å². The molecule has 0 atom stereocenters. The van der Waals surface area contributed by atoms with E-state index in [1.807, 2.05) is 0 Å². The van der Waals surface area contributed by atoms with Crippen molar-refractivity contribution in [2.75, 3.05) is 12.4 Å². The fourth-order valence-corrected chi connectivity index (χ4v) is 3.59. The molecule has 0 fully saturated rings. The van der Waals surface area contributed by atoms with E-state index in [1.54, 1.807) is 49.6 Å². The lowest BCUT2D eigenvalue weighted by molar-refractivity contribution is 0.103. The summed E-state index contributed by atoms with van der Waals surface area (Å²) in [4.78, 5) is 12.9. The van der Waals surface area contributed by atoms with Crippen LogP contribution in [0.25, 0.3) is 10.1 Å². The van der Waals surface area contributed by atoms with Gasteiger partial charge in [-0.05, 0) is 36.4 Å². The van der Waals surface area contributed by atoms with Crippen LogP contribution in [0.4, 0.5) is 5.69 Å². The molecule has 0 bridgehead atoms. The number of hydrogen-bond donors (Lipinski definition) is 1. The molecule has 3 rings (SSSR count). The van der Waals surface area contributed by atoms with E-state index in [0.29, 0.717) is 26.9 Å². The van der Waals surface area contributed by atoms with Crippen molar-refractivity contribution >= 4 is 44.6 Å². The Kier molecular flexibility index (Phi) is 4.20. The van der Waals surface area contributed by atoms with Crippen molar-refractivity contribution in [1.82, 2.24) is 0 Å². The maximum Gasteiger partial charge on any atom is 0.267 e. The molecule has 0 saturated carbocycles. The Morgan fingerprint density at radius 3 is 2.65 bits per heavy atom. The predicted octanol–water partition coefficient (Wildman–Crippen LogP) is 4.69. The molecule has 0 aliphatic rings. The number of rotatable bonds is 3. The van der Waals surface area contributed by atoms with E-state index in [9.17, 15) is 4.79 Å². The van der Waals surface area contributed by atoms with E-state index in [0.717, 1.165) is 10.1 Å². The first-order valence-corrected chi connectivity index (χ1v) is 7.89. The quantitative estimate of drug-likeness (QED) is 0.751. The van der Waals surface area contributed by atoms with Gasteiger partial charge in [-0.1, -0.05) is 17.7 Å². The van der Waals surface area contributed by atoms with Gasteiger partial charge >= 0.3 is 0 Å². The number of benzene rings is 2. The second-order valence-electron chi connectivity index (χ2n) is 4.75. The van der Waals surface area contributed by atoms with E-state index in [-0.39, 0.29) is 5.91 Å². The van der Waals surface area contributed by atoms with Gasteiger partial charge in [-0.25, -0.2) is 0 Å². The zero-order valence-corrected chi connectivity index (χ0v) is 13.7. The average Bonchev–Trinajstić information content (AvgIpc) is 2.92. The van der Waals surface area contributed by atoms with Gasteiger partial charge in [0.05, 0.1) is 23.8 Å². The van der Waals surface area contributed by atoms with Crippen molar-refractivity contribution in [1.29, 1.82) is 5.26 Å². The molecule has 1 aromatic heterocycles. The summed E-state index contributed by atoms with van der Waals surface area (Å²) in [6, 6.07) is 14.3. The van der Waals surface area contributed by atoms with Gasteiger partial charge in [0.2, 0.25) is 0 Å². The summed E-state index contributed by atoms with van der Waals surface area (Å²) in [6.45, 7) is 0. The molecule has 3 aromatic rings. The molecule has 23 heavy (non-hydrogen) atoms. The van der Waals surface area contributed by atoms with Gasteiger partial charge in [-0.3, -0.25) is 4.79 Å². The highest BCUT2D eigenvalue weighted by Gasteiger charge is 2.17. The third-order valence-electron chi connectivity index (χ3n) is 3.31. The van der Waals surface area contributed by atoms with Crippen LogP contribution >= 0.6 is 22.9 Å². The van der Waals surface area contributed by atoms with Crippen molar-refractivity contribution < 1.29 is 9.53 Å². The molecule has 2 aromatic carbocycles. The molecular weight excluding hydrogens is 332 g/mol. The summed E-state index contributed by atoms with van der Waals surface area (Å²) in [5.41, 5.74) is 1.19. The van der Waals surface area contributed by atoms with Crippen LogP contribution in [0, 0.1) is 11.3 Å². The number of fused-ring (bicyclic) bond motifs is 1. The average molecular weight is 343 g/mol. The molecule has 6 heteroatoms. The van der Waals surface area contributed by atoms with Crippen LogP contribution in [0.1, 0.15) is 15.2 Å². The highest BCUT2D eigenvalue weighted by molar-refractivity contribution is 7.21. The number of carbonyl (C=O) groups excluding carboxylic acids is 1. The Hall–Kier alpha value is -2.55. The molecule has 1 heterocycles. The van der Waals surface area contributed by atoms with Gasteiger partial charge in [0.1, 0.15) is 10.6 Å². The van der Waals surface area contributed by atoms with Crippen molar-refractivity contribution in [3.05, 3.63) is 57.9 Å². The SMILES string of the molecule is COc1ccc(NC(=O)c2sc3cc(C#N)ccc3c2Cl)cc1. The van der Waals surface area contributed by atoms with Crippen molar-refractivity contribution in [2.45, 2.75) is 0 Å². The first kappa shape index (κ1) is 15.3. The van der Waals surface area contributed by atoms with Gasteiger partial charge in [-0.15, -0.1) is 11.3 Å². The lowest BCUT2D eigenvalue weighted by atomic mass is 10.2. The first-order valence-electron chi connectivity index (χ1n) is 6.70. The van der Waals surface area contributed by atoms with E-state index >= 15 is 0 Å². The van der Waals surface area contributed by atoms with Gasteiger partial charge in [0.25, 0.3) is 5.91 Å². The van der Waals surface area contributed by atoms with E-state index in [4.69, 9.17) is 21.6 Å². The number of anilines is 1. The number of amides is 1. The van der Waals surface area contributed by atoms with Crippen LogP contribution in [-0.2, 0) is 0 Å². The van der Waals surface area contributed by atoms with Crippen LogP contribution in [0.5, 0.6) is 5.75 Å². The van der Waals surface area contributed by atoms with Gasteiger partial charge in [-0.2, -0.15) is 5.26 Å². The van der Waals surface area contributed by atoms with Crippen molar-refractivity contribution in [2.24, 2.45) is 0 Å². The normalized spacial score (nSPS) is 10.3. The number of halogens is 1. The van der Waals surface area contributed by atoms with Gasteiger partial charge in [0.15, 0.2) is 0 Å². The number of methoxy groups -OCH3 is 1. The van der Waals surface area contributed by atoms with Crippen LogP contribution in [0.2, 0.25) is 5.02 Å². The minimum absolute atomic E-state index is 0.278. The molecular formula is C17H11ClN2O2S. The minimum Gasteiger partial charge on any atom is -0.497 e. The molecule has 114 valence electrons. The second kappa shape index (κ2) is 6.29. The van der Waals surface area contributed by atoms with Crippen LogP contribution in [0.3, 0.4) is 0 Å². The number of hydrogen-bond acceptors (Lipinski definition) is 4. The minimum atomic E-state index is -0.278. The summed E-state index contributed by atoms with van der Waals surface area (Å²) >= 11 is 7.58. The summed E-state index contributed by atoms with van der Waals surface area (Å²) in [5, 5.41) is 12.9. The Balaban J connectivity index is 1.91.